The smallest absolute Gasteiger partial charge is 0.160 e. The van der Waals surface area contributed by atoms with E-state index in [0.717, 1.165) is 33.5 Å². The lowest BCUT2D eigenvalue weighted by molar-refractivity contribution is 0.661. The van der Waals surface area contributed by atoms with Crippen LogP contribution in [-0.2, 0) is 5.41 Å². The molecule has 0 bridgehead atoms. The van der Waals surface area contributed by atoms with Gasteiger partial charge in [0.05, 0.1) is 11.4 Å². The molecule has 2 nitrogen and oxygen atoms in total. The summed E-state index contributed by atoms with van der Waals surface area (Å²) < 4.78 is 0. The van der Waals surface area contributed by atoms with Crippen LogP contribution in [0.2, 0.25) is 0 Å². The Morgan fingerprint density at radius 3 is 1.42 bits per heavy atom. The standard InChI is InChI=1S/C57H40N2/c1-57(2)52-35-45(29-30-49(52)51-33-43-17-9-10-18-44(43)34-53(51)57)46-31-32-50(48-20-12-11-19-47(46)48)55-36-54(58-56(59-55)42-15-7-4-8-16-42)41-27-25-40(26-28-41)39-23-21-38(22-24-39)37-13-5-3-6-14-37/h3-36H,1-2H3. The first-order valence-electron chi connectivity index (χ1n) is 20.4. The largest absolute Gasteiger partial charge is 0.228 e. The summed E-state index contributed by atoms with van der Waals surface area (Å²) >= 11 is 0. The van der Waals surface area contributed by atoms with Crippen LogP contribution in [0.15, 0.2) is 206 Å². The molecule has 1 aromatic heterocycles. The molecule has 1 aliphatic rings. The van der Waals surface area contributed by atoms with Crippen molar-refractivity contribution in [2.24, 2.45) is 0 Å². The Kier molecular flexibility index (Phi) is 8.20. The minimum Gasteiger partial charge on any atom is -0.228 e. The predicted molar refractivity (Wildman–Crippen MR) is 247 cm³/mol. The lowest BCUT2D eigenvalue weighted by Gasteiger charge is -2.22. The molecule has 1 heterocycles. The van der Waals surface area contributed by atoms with E-state index in [0.29, 0.717) is 5.82 Å². The molecule has 2 heteroatoms. The third-order valence-electron chi connectivity index (χ3n) is 12.3. The highest BCUT2D eigenvalue weighted by molar-refractivity contribution is 6.05. The van der Waals surface area contributed by atoms with E-state index in [1.807, 2.05) is 18.2 Å². The summed E-state index contributed by atoms with van der Waals surface area (Å²) in [6, 6.07) is 74.3. The van der Waals surface area contributed by atoms with Crippen LogP contribution in [0.3, 0.4) is 0 Å². The van der Waals surface area contributed by atoms with Gasteiger partial charge in [-0.3, -0.25) is 0 Å². The second-order valence-corrected chi connectivity index (χ2v) is 16.2. The van der Waals surface area contributed by atoms with Gasteiger partial charge in [0, 0.05) is 22.1 Å². The lowest BCUT2D eigenvalue weighted by atomic mass is 9.81. The molecule has 0 spiro atoms. The van der Waals surface area contributed by atoms with E-state index in [1.54, 1.807) is 0 Å². The Morgan fingerprint density at radius 1 is 0.305 bits per heavy atom. The zero-order chi connectivity index (χ0) is 39.5. The fraction of sp³-hybridized carbons (Fsp3) is 0.0526. The fourth-order valence-corrected chi connectivity index (χ4v) is 9.13. The van der Waals surface area contributed by atoms with E-state index in [2.05, 4.69) is 202 Å². The van der Waals surface area contributed by atoms with Gasteiger partial charge >= 0.3 is 0 Å². The van der Waals surface area contributed by atoms with Crippen LogP contribution in [0.1, 0.15) is 25.0 Å². The van der Waals surface area contributed by atoms with Crippen LogP contribution in [0.4, 0.5) is 0 Å². The summed E-state index contributed by atoms with van der Waals surface area (Å²) in [5.74, 6) is 0.708. The molecule has 0 saturated heterocycles. The lowest BCUT2D eigenvalue weighted by Crippen LogP contribution is -2.15. The van der Waals surface area contributed by atoms with Gasteiger partial charge in [-0.15, -0.1) is 0 Å². The van der Waals surface area contributed by atoms with Crippen LogP contribution in [0, 0.1) is 0 Å². The van der Waals surface area contributed by atoms with Crippen LogP contribution in [0.25, 0.3) is 100.0 Å². The average molecular weight is 753 g/mol. The first-order valence-corrected chi connectivity index (χ1v) is 20.4. The predicted octanol–water partition coefficient (Wildman–Crippen LogP) is 15.1. The van der Waals surface area contributed by atoms with E-state index in [9.17, 15) is 0 Å². The summed E-state index contributed by atoms with van der Waals surface area (Å²) in [6.07, 6.45) is 0. The molecule has 0 unspecified atom stereocenters. The van der Waals surface area contributed by atoms with Crippen molar-refractivity contribution in [3.05, 3.63) is 217 Å². The van der Waals surface area contributed by atoms with Gasteiger partial charge in [0.25, 0.3) is 0 Å². The number of benzene rings is 9. The highest BCUT2D eigenvalue weighted by atomic mass is 14.9. The maximum absolute atomic E-state index is 5.25. The molecule has 9 aromatic carbocycles. The van der Waals surface area contributed by atoms with E-state index < -0.39 is 0 Å². The average Bonchev–Trinajstić information content (AvgIpc) is 3.52. The van der Waals surface area contributed by atoms with Gasteiger partial charge in [0.1, 0.15) is 0 Å². The second-order valence-electron chi connectivity index (χ2n) is 16.2. The van der Waals surface area contributed by atoms with Crippen molar-refractivity contribution in [2.75, 3.05) is 0 Å². The molecule has 278 valence electrons. The minimum absolute atomic E-state index is 0.114. The Balaban J connectivity index is 0.985. The third kappa shape index (κ3) is 6.04. The van der Waals surface area contributed by atoms with Crippen molar-refractivity contribution in [2.45, 2.75) is 19.3 Å². The Labute approximate surface area is 345 Å². The monoisotopic (exact) mass is 752 g/mol. The van der Waals surface area contributed by atoms with Crippen molar-refractivity contribution in [1.82, 2.24) is 9.97 Å². The van der Waals surface area contributed by atoms with Crippen LogP contribution < -0.4 is 0 Å². The molecular formula is C57H40N2. The van der Waals surface area contributed by atoms with Crippen LogP contribution in [0.5, 0.6) is 0 Å². The van der Waals surface area contributed by atoms with Gasteiger partial charge in [-0.05, 0) is 101 Å². The van der Waals surface area contributed by atoms with Crippen molar-refractivity contribution < 1.29 is 0 Å². The molecule has 10 aromatic rings. The first kappa shape index (κ1) is 34.8. The molecule has 1 aliphatic carbocycles. The van der Waals surface area contributed by atoms with Gasteiger partial charge in [0.2, 0.25) is 0 Å². The molecule has 59 heavy (non-hydrogen) atoms. The van der Waals surface area contributed by atoms with Gasteiger partial charge in [-0.2, -0.15) is 0 Å². The number of aromatic nitrogens is 2. The summed E-state index contributed by atoms with van der Waals surface area (Å²) in [5, 5.41) is 4.94. The number of nitrogens with zero attached hydrogens (tertiary/aromatic N) is 2. The molecular weight excluding hydrogens is 713 g/mol. The van der Waals surface area contributed by atoms with Crippen LogP contribution >= 0.6 is 0 Å². The van der Waals surface area contributed by atoms with Crippen molar-refractivity contribution >= 4 is 21.5 Å². The van der Waals surface area contributed by atoms with Gasteiger partial charge in [-0.25, -0.2) is 9.97 Å². The topological polar surface area (TPSA) is 25.8 Å². The number of rotatable bonds is 6. The van der Waals surface area contributed by atoms with E-state index in [4.69, 9.17) is 9.97 Å². The van der Waals surface area contributed by atoms with E-state index in [1.165, 1.54) is 71.8 Å². The molecule has 0 amide bonds. The highest BCUT2D eigenvalue weighted by Gasteiger charge is 2.36. The zero-order valence-corrected chi connectivity index (χ0v) is 33.0. The molecule has 0 saturated carbocycles. The number of fused-ring (bicyclic) bond motifs is 5. The molecule has 0 N–H and O–H groups in total. The van der Waals surface area contributed by atoms with Crippen LogP contribution in [-0.4, -0.2) is 9.97 Å². The van der Waals surface area contributed by atoms with Crippen molar-refractivity contribution in [3.8, 4) is 78.4 Å². The summed E-state index contributed by atoms with van der Waals surface area (Å²) in [7, 11) is 0. The molecule has 11 rings (SSSR count). The van der Waals surface area contributed by atoms with Crippen molar-refractivity contribution in [1.29, 1.82) is 0 Å². The van der Waals surface area contributed by atoms with Crippen molar-refractivity contribution in [3.63, 3.8) is 0 Å². The fourth-order valence-electron chi connectivity index (χ4n) is 9.13. The molecule has 0 aliphatic heterocycles. The van der Waals surface area contributed by atoms with Gasteiger partial charge in [0.15, 0.2) is 5.82 Å². The Bertz CT molecular complexity index is 3200. The second kappa shape index (κ2) is 13.9. The first-order chi connectivity index (χ1) is 29.0. The Morgan fingerprint density at radius 2 is 0.763 bits per heavy atom. The minimum atomic E-state index is -0.114. The molecule has 0 atom stereocenters. The summed E-state index contributed by atoms with van der Waals surface area (Å²) in [6.45, 7) is 4.73. The quantitative estimate of drug-likeness (QED) is 0.169. The summed E-state index contributed by atoms with van der Waals surface area (Å²) in [5.41, 5.74) is 17.5. The third-order valence-corrected chi connectivity index (χ3v) is 12.3. The molecule has 0 radical (unpaired) electrons. The maximum atomic E-state index is 5.25. The van der Waals surface area contributed by atoms with Gasteiger partial charge < -0.3 is 0 Å². The summed E-state index contributed by atoms with van der Waals surface area (Å²) in [4.78, 5) is 10.4. The number of hydrogen-bond acceptors (Lipinski definition) is 2. The Hall–Kier alpha value is -7.42. The highest BCUT2D eigenvalue weighted by Crippen LogP contribution is 2.51. The van der Waals surface area contributed by atoms with E-state index >= 15 is 0 Å². The SMILES string of the molecule is CC1(C)c2cc(-c3ccc(-c4cc(-c5ccc(-c6ccc(-c7ccccc7)cc6)cc5)nc(-c5ccccc5)n4)c4ccccc34)ccc2-c2cc3ccccc3cc21. The normalized spacial score (nSPS) is 12.7. The maximum Gasteiger partial charge on any atom is 0.160 e. The van der Waals surface area contributed by atoms with Gasteiger partial charge in [-0.1, -0.05) is 196 Å². The zero-order valence-electron chi connectivity index (χ0n) is 33.0. The number of hydrogen-bond donors (Lipinski definition) is 0. The molecule has 0 fully saturated rings. The van der Waals surface area contributed by atoms with E-state index in [-0.39, 0.29) is 5.41 Å².